The minimum Gasteiger partial charge on any atom is -0.326 e. The first-order valence-electron chi connectivity index (χ1n) is 6.54. The topological polar surface area (TPSA) is 58.2 Å². The molecular formula is C16H13FN2O2. The van der Waals surface area contributed by atoms with Crippen molar-refractivity contribution < 1.29 is 14.0 Å². The van der Waals surface area contributed by atoms with E-state index in [1.807, 2.05) is 0 Å². The zero-order valence-corrected chi connectivity index (χ0v) is 11.4. The van der Waals surface area contributed by atoms with Crippen LogP contribution in [-0.4, -0.2) is 11.8 Å². The molecule has 2 amide bonds. The summed E-state index contributed by atoms with van der Waals surface area (Å²) in [5.41, 5.74) is 2.77. The van der Waals surface area contributed by atoms with Gasteiger partial charge in [-0.15, -0.1) is 0 Å². The second-order valence-corrected chi connectivity index (χ2v) is 4.96. The SMILES string of the molecule is Cc1c(F)cccc1NC(=O)c1ccc2c(c1)NC(=O)C2. The Hall–Kier alpha value is -2.69. The Morgan fingerprint density at radius 3 is 2.90 bits per heavy atom. The molecule has 0 saturated carbocycles. The van der Waals surface area contributed by atoms with Crippen LogP contribution in [0.15, 0.2) is 36.4 Å². The van der Waals surface area contributed by atoms with Gasteiger partial charge in [0.1, 0.15) is 5.82 Å². The van der Waals surface area contributed by atoms with Crippen LogP contribution in [0.5, 0.6) is 0 Å². The molecule has 0 radical (unpaired) electrons. The highest BCUT2D eigenvalue weighted by atomic mass is 19.1. The highest BCUT2D eigenvalue weighted by molar-refractivity contribution is 6.07. The lowest BCUT2D eigenvalue weighted by Crippen LogP contribution is -2.13. The average molecular weight is 284 g/mol. The third-order valence-electron chi connectivity index (χ3n) is 3.51. The molecule has 0 aromatic heterocycles. The molecule has 0 saturated heterocycles. The van der Waals surface area contributed by atoms with Gasteiger partial charge in [0.05, 0.1) is 6.42 Å². The largest absolute Gasteiger partial charge is 0.326 e. The Labute approximate surface area is 121 Å². The number of fused-ring (bicyclic) bond motifs is 1. The van der Waals surface area contributed by atoms with Crippen LogP contribution < -0.4 is 10.6 Å². The molecule has 3 rings (SSSR count). The van der Waals surface area contributed by atoms with E-state index in [9.17, 15) is 14.0 Å². The van der Waals surface area contributed by atoms with Gasteiger partial charge in [0.15, 0.2) is 0 Å². The summed E-state index contributed by atoms with van der Waals surface area (Å²) in [4.78, 5) is 23.5. The zero-order valence-electron chi connectivity index (χ0n) is 11.4. The normalized spacial score (nSPS) is 12.8. The van der Waals surface area contributed by atoms with E-state index in [0.717, 1.165) is 5.56 Å². The molecule has 2 aromatic rings. The first kappa shape index (κ1) is 13.3. The summed E-state index contributed by atoms with van der Waals surface area (Å²) >= 11 is 0. The van der Waals surface area contributed by atoms with Crippen LogP contribution in [0.25, 0.3) is 0 Å². The van der Waals surface area contributed by atoms with Crippen LogP contribution >= 0.6 is 0 Å². The lowest BCUT2D eigenvalue weighted by Gasteiger charge is -2.09. The van der Waals surface area contributed by atoms with Crippen LogP contribution in [0.4, 0.5) is 15.8 Å². The first-order chi connectivity index (χ1) is 10.0. The van der Waals surface area contributed by atoms with Crippen LogP contribution in [0, 0.1) is 12.7 Å². The van der Waals surface area contributed by atoms with Crippen LogP contribution in [0.3, 0.4) is 0 Å². The van der Waals surface area contributed by atoms with E-state index in [4.69, 9.17) is 0 Å². The Morgan fingerprint density at radius 1 is 1.29 bits per heavy atom. The third-order valence-corrected chi connectivity index (χ3v) is 3.51. The van der Waals surface area contributed by atoms with Crippen molar-refractivity contribution in [3.63, 3.8) is 0 Å². The van der Waals surface area contributed by atoms with Crippen molar-refractivity contribution >= 4 is 23.2 Å². The summed E-state index contributed by atoms with van der Waals surface area (Å²) in [6.07, 6.45) is 0.334. The Kier molecular flexibility index (Phi) is 3.17. The second-order valence-electron chi connectivity index (χ2n) is 4.96. The number of amides is 2. The van der Waals surface area contributed by atoms with E-state index in [0.29, 0.717) is 28.9 Å². The van der Waals surface area contributed by atoms with Crippen molar-refractivity contribution in [2.24, 2.45) is 0 Å². The number of nitrogens with one attached hydrogen (secondary N) is 2. The van der Waals surface area contributed by atoms with Crippen LogP contribution in [0.1, 0.15) is 21.5 Å². The maximum Gasteiger partial charge on any atom is 0.255 e. The van der Waals surface area contributed by atoms with Crippen molar-refractivity contribution in [2.45, 2.75) is 13.3 Å². The number of halogens is 1. The number of carbonyl (C=O) groups is 2. The molecule has 5 heteroatoms. The molecule has 1 heterocycles. The minimum absolute atomic E-state index is 0.0801. The fraction of sp³-hybridized carbons (Fsp3) is 0.125. The van der Waals surface area contributed by atoms with Gasteiger partial charge >= 0.3 is 0 Å². The highest BCUT2D eigenvalue weighted by Crippen LogP contribution is 2.25. The van der Waals surface area contributed by atoms with Gasteiger partial charge in [0.25, 0.3) is 5.91 Å². The molecule has 0 bridgehead atoms. The van der Waals surface area contributed by atoms with Gasteiger partial charge in [-0.25, -0.2) is 4.39 Å². The standard InChI is InChI=1S/C16H13FN2O2/c1-9-12(17)3-2-4-13(9)19-16(21)11-6-5-10-8-15(20)18-14(10)7-11/h2-7H,8H2,1H3,(H,18,20)(H,19,21). The summed E-state index contributed by atoms with van der Waals surface area (Å²) in [5, 5.41) is 5.38. The monoisotopic (exact) mass is 284 g/mol. The molecule has 0 aliphatic carbocycles. The van der Waals surface area contributed by atoms with E-state index in [-0.39, 0.29) is 17.6 Å². The minimum atomic E-state index is -0.367. The molecule has 2 N–H and O–H groups in total. The molecule has 0 fully saturated rings. The number of anilines is 2. The molecule has 4 nitrogen and oxygen atoms in total. The molecule has 0 unspecified atom stereocenters. The van der Waals surface area contributed by atoms with Gasteiger partial charge in [-0.1, -0.05) is 12.1 Å². The Balaban J connectivity index is 1.85. The number of hydrogen-bond donors (Lipinski definition) is 2. The molecule has 0 spiro atoms. The summed E-state index contributed by atoms with van der Waals surface area (Å²) < 4.78 is 13.5. The fourth-order valence-electron chi connectivity index (χ4n) is 2.29. The van der Waals surface area contributed by atoms with Gasteiger partial charge in [-0.2, -0.15) is 0 Å². The smallest absolute Gasteiger partial charge is 0.255 e. The number of hydrogen-bond acceptors (Lipinski definition) is 2. The van der Waals surface area contributed by atoms with E-state index >= 15 is 0 Å². The van der Waals surface area contributed by atoms with Crippen LogP contribution in [-0.2, 0) is 11.2 Å². The summed E-state index contributed by atoms with van der Waals surface area (Å²) in [5.74, 6) is -0.787. The van der Waals surface area contributed by atoms with Crippen molar-refractivity contribution in [3.05, 3.63) is 58.9 Å². The maximum atomic E-state index is 13.5. The van der Waals surface area contributed by atoms with Crippen molar-refractivity contribution in [3.8, 4) is 0 Å². The third kappa shape index (κ3) is 2.50. The summed E-state index contributed by atoms with van der Waals surface area (Å²) in [6.45, 7) is 1.61. The predicted octanol–water partition coefficient (Wildman–Crippen LogP) is 2.88. The van der Waals surface area contributed by atoms with E-state index < -0.39 is 0 Å². The number of carbonyl (C=O) groups excluding carboxylic acids is 2. The van der Waals surface area contributed by atoms with Gasteiger partial charge in [-0.3, -0.25) is 9.59 Å². The quantitative estimate of drug-likeness (QED) is 0.891. The van der Waals surface area contributed by atoms with Crippen molar-refractivity contribution in [2.75, 3.05) is 10.6 Å². The van der Waals surface area contributed by atoms with Gasteiger partial charge in [0.2, 0.25) is 5.91 Å². The van der Waals surface area contributed by atoms with Crippen molar-refractivity contribution in [1.29, 1.82) is 0 Å². The second kappa shape index (κ2) is 5.01. The maximum absolute atomic E-state index is 13.5. The number of benzene rings is 2. The summed E-state index contributed by atoms with van der Waals surface area (Å²) in [6, 6.07) is 9.57. The summed E-state index contributed by atoms with van der Waals surface area (Å²) in [7, 11) is 0. The van der Waals surface area contributed by atoms with Gasteiger partial charge in [0, 0.05) is 22.5 Å². The van der Waals surface area contributed by atoms with Gasteiger partial charge < -0.3 is 10.6 Å². The average Bonchev–Trinajstić information content (AvgIpc) is 2.82. The van der Waals surface area contributed by atoms with E-state index in [1.165, 1.54) is 6.07 Å². The molecular weight excluding hydrogens is 271 g/mol. The Bertz CT molecular complexity index is 756. The van der Waals surface area contributed by atoms with E-state index in [2.05, 4.69) is 10.6 Å². The molecule has 1 aliphatic heterocycles. The molecule has 0 atom stereocenters. The zero-order chi connectivity index (χ0) is 15.0. The lowest BCUT2D eigenvalue weighted by molar-refractivity contribution is -0.115. The molecule has 2 aromatic carbocycles. The number of rotatable bonds is 2. The highest BCUT2D eigenvalue weighted by Gasteiger charge is 2.19. The Morgan fingerprint density at radius 2 is 2.10 bits per heavy atom. The fourth-order valence-corrected chi connectivity index (χ4v) is 2.29. The van der Waals surface area contributed by atoms with Crippen LogP contribution in [0.2, 0.25) is 0 Å². The van der Waals surface area contributed by atoms with E-state index in [1.54, 1.807) is 37.3 Å². The predicted molar refractivity (Wildman–Crippen MR) is 77.9 cm³/mol. The molecule has 106 valence electrons. The lowest BCUT2D eigenvalue weighted by atomic mass is 10.1. The molecule has 1 aliphatic rings. The molecule has 21 heavy (non-hydrogen) atoms. The van der Waals surface area contributed by atoms with Crippen molar-refractivity contribution in [1.82, 2.24) is 0 Å². The van der Waals surface area contributed by atoms with Gasteiger partial charge in [-0.05, 0) is 36.8 Å². The first-order valence-corrected chi connectivity index (χ1v) is 6.54.